The van der Waals surface area contributed by atoms with Crippen molar-refractivity contribution in [3.05, 3.63) is 23.5 Å². The van der Waals surface area contributed by atoms with Gasteiger partial charge in [0.25, 0.3) is 5.91 Å². The van der Waals surface area contributed by atoms with Gasteiger partial charge in [0.05, 0.1) is 18.5 Å². The molecule has 0 bridgehead atoms. The van der Waals surface area contributed by atoms with E-state index >= 15 is 0 Å². The number of quaternary nitrogens is 1. The quantitative estimate of drug-likeness (QED) is 0.275. The number of amides is 1. The van der Waals surface area contributed by atoms with Crippen molar-refractivity contribution >= 4 is 17.9 Å². The van der Waals surface area contributed by atoms with Gasteiger partial charge in [0.2, 0.25) is 0 Å². The second-order valence-corrected chi connectivity index (χ2v) is 4.29. The Morgan fingerprint density at radius 3 is 2.71 bits per heavy atom. The summed E-state index contributed by atoms with van der Waals surface area (Å²) in [6.07, 6.45) is 4.50. The van der Waals surface area contributed by atoms with Crippen molar-refractivity contribution in [1.29, 1.82) is 0 Å². The lowest BCUT2D eigenvalue weighted by Gasteiger charge is -2.21. The van der Waals surface area contributed by atoms with E-state index in [1.165, 1.54) is 0 Å². The predicted octanol–water partition coefficient (Wildman–Crippen LogP) is -1.32. The first-order valence-electron chi connectivity index (χ1n) is 5.40. The summed E-state index contributed by atoms with van der Waals surface area (Å²) in [6, 6.07) is 0. The number of carbonyl (C=O) groups excluding carboxylic acids is 2. The van der Waals surface area contributed by atoms with Crippen molar-refractivity contribution in [2.75, 3.05) is 26.2 Å². The fraction of sp³-hybridized carbons (Fsp3) is 0.364. The van der Waals surface area contributed by atoms with Crippen LogP contribution in [-0.2, 0) is 9.59 Å². The summed E-state index contributed by atoms with van der Waals surface area (Å²) >= 11 is 0. The molecule has 0 atom stereocenters. The zero-order valence-electron chi connectivity index (χ0n) is 9.43. The van der Waals surface area contributed by atoms with Gasteiger partial charge in [-0.2, -0.15) is 0 Å². The topological polar surface area (TPSA) is 98.5 Å². The Kier molecular flexibility index (Phi) is 2.81. The first-order valence-corrected chi connectivity index (χ1v) is 5.40. The predicted molar refractivity (Wildman–Crippen MR) is 62.8 cm³/mol. The molecule has 0 aliphatic carbocycles. The molecule has 1 saturated heterocycles. The van der Waals surface area contributed by atoms with Crippen LogP contribution in [0.5, 0.6) is 0 Å². The van der Waals surface area contributed by atoms with Crippen LogP contribution in [0.1, 0.15) is 0 Å². The first-order chi connectivity index (χ1) is 8.08. The van der Waals surface area contributed by atoms with E-state index < -0.39 is 5.91 Å². The number of nitrogens with zero attached hydrogens (tertiary/aromatic N) is 2. The normalized spacial score (nSPS) is 26.0. The van der Waals surface area contributed by atoms with E-state index in [1.807, 2.05) is 6.20 Å². The standard InChI is InChI=1S/C11H14N4O2/c12-10(11(13)17)8-1-3-15(4-5-15)7-9(8)14-2-6-16/h1,3,6H,2,4-5,7H2,(H3-,12,13,14,17)/p+1. The highest BCUT2D eigenvalue weighted by Crippen LogP contribution is 2.28. The van der Waals surface area contributed by atoms with E-state index in [0.29, 0.717) is 17.8 Å². The molecule has 1 amide bonds. The zero-order chi connectivity index (χ0) is 12.5. The maximum Gasteiger partial charge on any atom is 0.265 e. The number of allylic oxidation sites excluding steroid dienone is 1. The third kappa shape index (κ3) is 2.26. The van der Waals surface area contributed by atoms with Crippen LogP contribution in [0.3, 0.4) is 0 Å². The molecule has 6 nitrogen and oxygen atoms in total. The van der Waals surface area contributed by atoms with Crippen molar-refractivity contribution in [3.8, 4) is 0 Å². The van der Waals surface area contributed by atoms with E-state index in [1.54, 1.807) is 6.08 Å². The van der Waals surface area contributed by atoms with Gasteiger partial charge in [-0.05, 0) is 0 Å². The molecule has 2 heterocycles. The minimum Gasteiger partial charge on any atom is -0.394 e. The Hall–Kier alpha value is -1.95. The fourth-order valence-electron chi connectivity index (χ4n) is 1.86. The van der Waals surface area contributed by atoms with Gasteiger partial charge in [0.1, 0.15) is 31.6 Å². The molecule has 90 valence electrons. The third-order valence-corrected chi connectivity index (χ3v) is 3.04. The maximum absolute atomic E-state index is 11.1. The molecular formula is C11H15N4O2+. The smallest absolute Gasteiger partial charge is 0.265 e. The molecule has 0 unspecified atom stereocenters. The number of primary amides is 1. The number of nitrogens with two attached hydrogens (primary N) is 2. The lowest BCUT2D eigenvalue weighted by atomic mass is 10.0. The molecule has 2 aliphatic rings. The maximum atomic E-state index is 11.1. The molecule has 0 radical (unpaired) electrons. The molecule has 4 N–H and O–H groups in total. The highest BCUT2D eigenvalue weighted by atomic mass is 16.1. The SMILES string of the molecule is NC(=O)/C(N)=C1\C=C[N+]2(CC2)CC1=NCC=O. The average Bonchev–Trinajstić information content (AvgIpc) is 3.05. The number of carbonyl (C=O) groups is 2. The highest BCUT2D eigenvalue weighted by molar-refractivity contribution is 6.10. The van der Waals surface area contributed by atoms with Gasteiger partial charge in [-0.1, -0.05) is 0 Å². The Labute approximate surface area is 98.9 Å². The minimum atomic E-state index is -0.664. The van der Waals surface area contributed by atoms with Gasteiger partial charge < -0.3 is 16.3 Å². The minimum absolute atomic E-state index is 0.00518. The molecule has 0 saturated carbocycles. The lowest BCUT2D eigenvalue weighted by Crippen LogP contribution is -2.35. The average molecular weight is 235 g/mol. The molecule has 2 rings (SSSR count). The largest absolute Gasteiger partial charge is 0.394 e. The second-order valence-electron chi connectivity index (χ2n) is 4.29. The third-order valence-electron chi connectivity index (χ3n) is 3.04. The second kappa shape index (κ2) is 4.14. The van der Waals surface area contributed by atoms with E-state index in [4.69, 9.17) is 11.5 Å². The van der Waals surface area contributed by atoms with Gasteiger partial charge in [0.15, 0.2) is 0 Å². The summed E-state index contributed by atoms with van der Waals surface area (Å²) in [5.74, 6) is -0.664. The molecule has 2 aliphatic heterocycles. The van der Waals surface area contributed by atoms with Crippen molar-refractivity contribution in [2.24, 2.45) is 16.5 Å². The molecule has 1 fully saturated rings. The number of aldehydes is 1. The van der Waals surface area contributed by atoms with Crippen LogP contribution in [0.2, 0.25) is 0 Å². The van der Waals surface area contributed by atoms with Crippen LogP contribution in [0.15, 0.2) is 28.5 Å². The van der Waals surface area contributed by atoms with Gasteiger partial charge in [-0.3, -0.25) is 14.3 Å². The van der Waals surface area contributed by atoms with Crippen LogP contribution >= 0.6 is 0 Å². The first kappa shape index (κ1) is 11.5. The number of aliphatic imine (C=N–C) groups is 1. The van der Waals surface area contributed by atoms with E-state index in [0.717, 1.165) is 23.9 Å². The van der Waals surface area contributed by atoms with Gasteiger partial charge in [-0.25, -0.2) is 0 Å². The van der Waals surface area contributed by atoms with Crippen LogP contribution in [0.4, 0.5) is 0 Å². The number of rotatable bonds is 3. The van der Waals surface area contributed by atoms with Gasteiger partial charge in [0, 0.05) is 11.6 Å². The van der Waals surface area contributed by atoms with E-state index in [-0.39, 0.29) is 12.2 Å². The summed E-state index contributed by atoms with van der Waals surface area (Å²) in [7, 11) is 0. The highest BCUT2D eigenvalue weighted by Gasteiger charge is 2.44. The summed E-state index contributed by atoms with van der Waals surface area (Å²) in [5.41, 5.74) is 12.0. The van der Waals surface area contributed by atoms with Crippen LogP contribution in [0.25, 0.3) is 0 Å². The molecule has 0 aromatic rings. The van der Waals surface area contributed by atoms with Crippen molar-refractivity contribution in [1.82, 2.24) is 0 Å². The Balaban J connectivity index is 2.38. The van der Waals surface area contributed by atoms with Crippen LogP contribution in [0, 0.1) is 0 Å². The Bertz CT molecular complexity index is 458. The lowest BCUT2D eigenvalue weighted by molar-refractivity contribution is -0.732. The molecule has 17 heavy (non-hydrogen) atoms. The summed E-state index contributed by atoms with van der Waals surface area (Å²) in [6.45, 7) is 2.87. The van der Waals surface area contributed by atoms with E-state index in [9.17, 15) is 9.59 Å². The number of hydrogen-bond donors (Lipinski definition) is 2. The molecular weight excluding hydrogens is 220 g/mol. The summed E-state index contributed by atoms with van der Waals surface area (Å²) in [5, 5.41) is 0. The van der Waals surface area contributed by atoms with Crippen LogP contribution in [-0.4, -0.2) is 48.6 Å². The van der Waals surface area contributed by atoms with Crippen LogP contribution < -0.4 is 11.5 Å². The molecule has 0 aromatic heterocycles. The summed E-state index contributed by atoms with van der Waals surface area (Å²) in [4.78, 5) is 25.6. The Morgan fingerprint density at radius 2 is 2.18 bits per heavy atom. The number of hydrogen-bond acceptors (Lipinski definition) is 4. The van der Waals surface area contributed by atoms with E-state index in [2.05, 4.69) is 4.99 Å². The van der Waals surface area contributed by atoms with Gasteiger partial charge in [-0.15, -0.1) is 0 Å². The molecule has 1 spiro atoms. The van der Waals surface area contributed by atoms with Crippen molar-refractivity contribution < 1.29 is 14.1 Å². The van der Waals surface area contributed by atoms with Gasteiger partial charge >= 0.3 is 0 Å². The van der Waals surface area contributed by atoms with Crippen molar-refractivity contribution in [2.45, 2.75) is 0 Å². The summed E-state index contributed by atoms with van der Waals surface area (Å²) < 4.78 is 0.827. The Morgan fingerprint density at radius 1 is 1.47 bits per heavy atom. The monoisotopic (exact) mass is 235 g/mol. The zero-order valence-corrected chi connectivity index (χ0v) is 9.43. The van der Waals surface area contributed by atoms with Crippen molar-refractivity contribution in [3.63, 3.8) is 0 Å². The fourth-order valence-corrected chi connectivity index (χ4v) is 1.86. The molecule has 0 aromatic carbocycles. The molecule has 6 heteroatoms.